The van der Waals surface area contributed by atoms with E-state index in [9.17, 15) is 9.59 Å². The average Bonchev–Trinajstić information content (AvgIpc) is 3.17. The second-order valence-electron chi connectivity index (χ2n) is 8.21. The van der Waals surface area contributed by atoms with E-state index in [4.69, 9.17) is 20.9 Å². The maximum atomic E-state index is 12.2. The Morgan fingerprint density at radius 2 is 1.97 bits per heavy atom. The van der Waals surface area contributed by atoms with E-state index in [1.807, 2.05) is 18.4 Å². The number of fused-ring (bicyclic) bond motifs is 1. The monoisotopic (exact) mass is 448 g/mol. The number of esters is 2. The summed E-state index contributed by atoms with van der Waals surface area (Å²) < 4.78 is 12.7. The predicted molar refractivity (Wildman–Crippen MR) is 121 cm³/mol. The van der Waals surface area contributed by atoms with E-state index in [2.05, 4.69) is 21.9 Å². The lowest BCUT2D eigenvalue weighted by Gasteiger charge is -2.20. The van der Waals surface area contributed by atoms with Gasteiger partial charge in [-0.25, -0.2) is 9.97 Å². The summed E-state index contributed by atoms with van der Waals surface area (Å²) in [4.78, 5) is 36.8. The lowest BCUT2D eigenvalue weighted by Crippen LogP contribution is -2.38. The van der Waals surface area contributed by atoms with Crippen molar-refractivity contribution in [3.05, 3.63) is 12.5 Å². The van der Waals surface area contributed by atoms with E-state index < -0.39 is 12.0 Å². The van der Waals surface area contributed by atoms with E-state index >= 15 is 0 Å². The second-order valence-corrected chi connectivity index (χ2v) is 8.21. The Morgan fingerprint density at radius 3 is 2.69 bits per heavy atom. The summed E-state index contributed by atoms with van der Waals surface area (Å²) >= 11 is 0. The first-order valence-electron chi connectivity index (χ1n) is 11.4. The number of ether oxygens (including phenoxy) is 2. The highest BCUT2D eigenvalue weighted by molar-refractivity contribution is 5.75. The molecule has 0 aliphatic heterocycles. The molecule has 4 N–H and O–H groups in total. The third kappa shape index (κ3) is 7.74. The highest BCUT2D eigenvalue weighted by Crippen LogP contribution is 2.16. The van der Waals surface area contributed by atoms with E-state index in [0.717, 1.165) is 25.7 Å². The zero-order valence-corrected chi connectivity index (χ0v) is 19.3. The van der Waals surface area contributed by atoms with Gasteiger partial charge in [0, 0.05) is 18.9 Å². The molecule has 0 aliphatic rings. The van der Waals surface area contributed by atoms with Crippen molar-refractivity contribution in [3.63, 3.8) is 0 Å². The fraction of sp³-hybridized carbons (Fsp3) is 0.682. The first-order chi connectivity index (χ1) is 15.3. The molecule has 2 aromatic rings. The van der Waals surface area contributed by atoms with Gasteiger partial charge in [0.05, 0.1) is 25.7 Å². The van der Waals surface area contributed by atoms with E-state index in [1.165, 1.54) is 0 Å². The molecular formula is C22H36N6O4. The summed E-state index contributed by atoms with van der Waals surface area (Å²) in [5.74, 6) is -0.535. The minimum atomic E-state index is -0.646. The Labute approximate surface area is 189 Å². The third-order valence-electron chi connectivity index (χ3n) is 5.60. The van der Waals surface area contributed by atoms with Crippen LogP contribution in [-0.4, -0.2) is 50.7 Å². The van der Waals surface area contributed by atoms with Gasteiger partial charge in [0.1, 0.15) is 11.6 Å². The Kier molecular flexibility index (Phi) is 10.3. The number of rotatable bonds is 14. The van der Waals surface area contributed by atoms with Gasteiger partial charge in [-0.2, -0.15) is 4.98 Å². The van der Waals surface area contributed by atoms with Crippen molar-refractivity contribution in [2.75, 3.05) is 18.9 Å². The molecule has 3 atom stereocenters. The van der Waals surface area contributed by atoms with Crippen LogP contribution in [0.2, 0.25) is 0 Å². The average molecular weight is 449 g/mol. The molecule has 10 nitrogen and oxygen atoms in total. The molecule has 0 saturated carbocycles. The topological polar surface area (TPSA) is 148 Å². The number of hydrogen-bond acceptors (Lipinski definition) is 9. The van der Waals surface area contributed by atoms with Crippen LogP contribution in [0.5, 0.6) is 0 Å². The largest absolute Gasteiger partial charge is 0.465 e. The summed E-state index contributed by atoms with van der Waals surface area (Å²) in [6.07, 6.45) is 7.76. The molecule has 0 spiro atoms. The molecule has 0 aliphatic carbocycles. The third-order valence-corrected chi connectivity index (χ3v) is 5.60. The number of nitrogens with two attached hydrogens (primary N) is 2. The summed E-state index contributed by atoms with van der Waals surface area (Å²) in [5, 5.41) is 0. The highest BCUT2D eigenvalue weighted by Gasteiger charge is 2.22. The van der Waals surface area contributed by atoms with Crippen molar-refractivity contribution in [2.45, 2.75) is 71.9 Å². The van der Waals surface area contributed by atoms with Crippen LogP contribution in [0.3, 0.4) is 0 Å². The number of anilines is 1. The maximum absolute atomic E-state index is 12.2. The zero-order valence-electron chi connectivity index (χ0n) is 19.3. The van der Waals surface area contributed by atoms with Gasteiger partial charge in [-0.1, -0.05) is 40.0 Å². The number of unbranched alkanes of at least 4 members (excludes halogenated alkanes) is 2. The van der Waals surface area contributed by atoms with Gasteiger partial charge in [-0.3, -0.25) is 9.59 Å². The van der Waals surface area contributed by atoms with Crippen LogP contribution >= 0.6 is 0 Å². The van der Waals surface area contributed by atoms with Gasteiger partial charge in [0.25, 0.3) is 0 Å². The molecule has 0 amide bonds. The molecular weight excluding hydrogens is 412 g/mol. The van der Waals surface area contributed by atoms with Crippen molar-refractivity contribution in [1.82, 2.24) is 19.5 Å². The molecule has 0 radical (unpaired) electrons. The SMILES string of the molecule is CCCCCC(=O)OC[C@H](CCOC(=O)[C@@H](N)C(C)CC)Cn1cnc2cnc(N)nc21. The number of aromatic nitrogens is 4. The minimum Gasteiger partial charge on any atom is -0.465 e. The summed E-state index contributed by atoms with van der Waals surface area (Å²) in [6, 6.07) is -0.646. The quantitative estimate of drug-likeness (QED) is 0.328. The van der Waals surface area contributed by atoms with Gasteiger partial charge >= 0.3 is 11.9 Å². The standard InChI is InChI=1S/C22H36N6O4/c1-4-6-7-8-18(29)32-13-16(9-10-31-21(30)19(23)15(3)5-2)12-28-14-26-17-11-25-22(24)27-20(17)28/h11,14-16,19H,4-10,12-13,23H2,1-3H3,(H2,24,25,27)/t15?,16-,19+/m1/s1. The van der Waals surface area contributed by atoms with Crippen LogP contribution in [0.15, 0.2) is 12.5 Å². The number of nitrogens with zero attached hydrogens (tertiary/aromatic N) is 4. The molecule has 0 fully saturated rings. The van der Waals surface area contributed by atoms with Crippen molar-refractivity contribution >= 4 is 29.1 Å². The molecule has 2 aromatic heterocycles. The summed E-state index contributed by atoms with van der Waals surface area (Å²) in [7, 11) is 0. The Morgan fingerprint density at radius 1 is 1.19 bits per heavy atom. The van der Waals surface area contributed by atoms with Gasteiger partial charge in [-0.05, 0) is 18.8 Å². The number of carbonyl (C=O) groups excluding carboxylic acids is 2. The second kappa shape index (κ2) is 12.9. The van der Waals surface area contributed by atoms with Crippen LogP contribution in [-0.2, 0) is 25.6 Å². The Balaban J connectivity index is 1.99. The zero-order chi connectivity index (χ0) is 23.5. The van der Waals surface area contributed by atoms with Crippen LogP contribution in [0, 0.1) is 11.8 Å². The van der Waals surface area contributed by atoms with Gasteiger partial charge in [0.15, 0.2) is 5.65 Å². The van der Waals surface area contributed by atoms with Gasteiger partial charge in [-0.15, -0.1) is 0 Å². The lowest BCUT2D eigenvalue weighted by atomic mass is 10.0. The summed E-state index contributed by atoms with van der Waals surface area (Å²) in [5.41, 5.74) is 12.9. The fourth-order valence-corrected chi connectivity index (χ4v) is 3.22. The number of carbonyl (C=O) groups is 2. The van der Waals surface area contributed by atoms with E-state index in [1.54, 1.807) is 12.5 Å². The molecule has 0 saturated heterocycles. The lowest BCUT2D eigenvalue weighted by molar-refractivity contribution is -0.149. The number of nitrogen functional groups attached to an aromatic ring is 1. The van der Waals surface area contributed by atoms with Crippen LogP contribution in [0.1, 0.15) is 59.3 Å². The Bertz CT molecular complexity index is 871. The van der Waals surface area contributed by atoms with E-state index in [-0.39, 0.29) is 37.0 Å². The molecule has 0 bridgehead atoms. The van der Waals surface area contributed by atoms with Crippen molar-refractivity contribution in [2.24, 2.45) is 17.6 Å². The molecule has 1 unspecified atom stereocenters. The van der Waals surface area contributed by atoms with Crippen molar-refractivity contribution in [1.29, 1.82) is 0 Å². The normalized spacial score (nSPS) is 14.1. The summed E-state index contributed by atoms with van der Waals surface area (Å²) in [6.45, 7) is 6.86. The van der Waals surface area contributed by atoms with Gasteiger partial charge in [0.2, 0.25) is 5.95 Å². The van der Waals surface area contributed by atoms with Crippen LogP contribution in [0.25, 0.3) is 11.2 Å². The molecule has 32 heavy (non-hydrogen) atoms. The number of hydrogen-bond donors (Lipinski definition) is 2. The molecule has 2 heterocycles. The van der Waals surface area contributed by atoms with Crippen LogP contribution < -0.4 is 11.5 Å². The van der Waals surface area contributed by atoms with Crippen LogP contribution in [0.4, 0.5) is 5.95 Å². The van der Waals surface area contributed by atoms with Gasteiger partial charge < -0.3 is 25.5 Å². The molecule has 178 valence electrons. The number of imidazole rings is 1. The molecule has 2 rings (SSSR count). The highest BCUT2D eigenvalue weighted by atomic mass is 16.5. The molecule has 0 aromatic carbocycles. The predicted octanol–water partition coefficient (Wildman–Crippen LogP) is 2.45. The van der Waals surface area contributed by atoms with E-state index in [0.29, 0.717) is 30.6 Å². The fourth-order valence-electron chi connectivity index (χ4n) is 3.22. The Hall–Kier alpha value is -2.75. The first kappa shape index (κ1) is 25.5. The maximum Gasteiger partial charge on any atom is 0.323 e. The first-order valence-corrected chi connectivity index (χ1v) is 11.4. The molecule has 10 heteroatoms. The minimum absolute atomic E-state index is 0.0461. The smallest absolute Gasteiger partial charge is 0.323 e. The van der Waals surface area contributed by atoms with Crippen molar-refractivity contribution < 1.29 is 19.1 Å². The van der Waals surface area contributed by atoms with Crippen molar-refractivity contribution in [3.8, 4) is 0 Å².